The summed E-state index contributed by atoms with van der Waals surface area (Å²) >= 11 is 0. The first-order valence-corrected chi connectivity index (χ1v) is 12.8. The molecule has 0 aliphatic carbocycles. The van der Waals surface area contributed by atoms with Gasteiger partial charge in [-0.3, -0.25) is 14.6 Å². The predicted molar refractivity (Wildman–Crippen MR) is 150 cm³/mol. The van der Waals surface area contributed by atoms with Gasteiger partial charge in [0.25, 0.3) is 0 Å². The zero-order chi connectivity index (χ0) is 27.5. The van der Waals surface area contributed by atoms with Crippen molar-refractivity contribution in [3.63, 3.8) is 0 Å². The number of ether oxygens (including phenoxy) is 1. The molecule has 0 radical (unpaired) electrons. The van der Waals surface area contributed by atoms with Gasteiger partial charge in [0.15, 0.2) is 0 Å². The number of aromatic nitrogens is 2. The summed E-state index contributed by atoms with van der Waals surface area (Å²) in [5.74, 6) is 1.31. The second-order valence-electron chi connectivity index (χ2n) is 9.33. The van der Waals surface area contributed by atoms with E-state index in [2.05, 4.69) is 20.2 Å². The fourth-order valence-corrected chi connectivity index (χ4v) is 4.14. The minimum atomic E-state index is -0.935. The van der Waals surface area contributed by atoms with E-state index in [0.717, 1.165) is 36.6 Å². The van der Waals surface area contributed by atoms with Gasteiger partial charge in [-0.25, -0.2) is 9.78 Å². The van der Waals surface area contributed by atoms with Crippen LogP contribution in [0.2, 0.25) is 0 Å². The highest BCUT2D eigenvalue weighted by atomic mass is 16.5. The average molecular weight is 528 g/mol. The number of hydrogen-bond donors (Lipinski definition) is 3. The molecule has 4 rings (SSSR count). The summed E-state index contributed by atoms with van der Waals surface area (Å²) in [5.41, 5.74) is 2.01. The number of aromatic amines is 1. The number of carbonyl (C=O) groups is 2. The number of carboxylic acids is 1. The molecule has 1 heterocycles. The fourth-order valence-electron chi connectivity index (χ4n) is 4.14. The molecule has 0 bridgehead atoms. The first-order chi connectivity index (χ1) is 18.9. The summed E-state index contributed by atoms with van der Waals surface area (Å²) in [6.07, 6.45) is 4.38. The van der Waals surface area contributed by atoms with Crippen molar-refractivity contribution in [2.75, 3.05) is 32.0 Å². The summed E-state index contributed by atoms with van der Waals surface area (Å²) in [5, 5.41) is 12.1. The number of rotatable bonds is 14. The van der Waals surface area contributed by atoms with Crippen molar-refractivity contribution in [3.05, 3.63) is 108 Å². The van der Waals surface area contributed by atoms with Gasteiger partial charge in [-0.05, 0) is 74.1 Å². The van der Waals surface area contributed by atoms with Crippen molar-refractivity contribution in [2.45, 2.75) is 19.5 Å². The molecular weight excluding hydrogens is 494 g/mol. The number of imidazole rings is 1. The lowest BCUT2D eigenvalue weighted by molar-refractivity contribution is -0.117. The van der Waals surface area contributed by atoms with Gasteiger partial charge >= 0.3 is 5.97 Å². The standard InChI is InChI=1S/C30H33N5O4/c1-34(22-29(36)33-25-12-14-27(15-13-25)39-26-6-3-2-4-7-26)18-5-19-35(21-28-31-16-17-32-28)20-23-8-10-24(11-9-23)30(37)38/h2-4,6-17H,5,18-22H2,1H3,(H,31,32)(H,33,36)(H,37,38). The Morgan fingerprint density at radius 1 is 0.923 bits per heavy atom. The Kier molecular flexibility index (Phi) is 9.82. The maximum absolute atomic E-state index is 12.6. The van der Waals surface area contributed by atoms with E-state index in [1.54, 1.807) is 24.5 Å². The van der Waals surface area contributed by atoms with E-state index in [1.165, 1.54) is 0 Å². The highest BCUT2D eigenvalue weighted by Crippen LogP contribution is 2.22. The third-order valence-corrected chi connectivity index (χ3v) is 6.08. The number of nitrogens with zero attached hydrogens (tertiary/aromatic N) is 3. The van der Waals surface area contributed by atoms with Crippen LogP contribution in [0.25, 0.3) is 0 Å². The number of carboxylic acid groups (broad SMARTS) is 1. The van der Waals surface area contributed by atoms with Gasteiger partial charge in [0.2, 0.25) is 5.91 Å². The van der Waals surface area contributed by atoms with Crippen LogP contribution in [0, 0.1) is 0 Å². The Balaban J connectivity index is 1.22. The van der Waals surface area contributed by atoms with E-state index >= 15 is 0 Å². The molecule has 4 aromatic rings. The number of benzene rings is 3. The van der Waals surface area contributed by atoms with Crippen molar-refractivity contribution in [3.8, 4) is 11.5 Å². The van der Waals surface area contributed by atoms with E-state index in [-0.39, 0.29) is 18.0 Å². The molecule has 0 unspecified atom stereocenters. The SMILES string of the molecule is CN(CCCN(Cc1ccc(C(=O)O)cc1)Cc1ncc[nH]1)CC(=O)Nc1ccc(Oc2ccccc2)cc1. The van der Waals surface area contributed by atoms with Crippen LogP contribution in [0.5, 0.6) is 11.5 Å². The van der Waals surface area contributed by atoms with Gasteiger partial charge in [0, 0.05) is 31.2 Å². The van der Waals surface area contributed by atoms with E-state index in [0.29, 0.717) is 24.5 Å². The van der Waals surface area contributed by atoms with Gasteiger partial charge in [-0.1, -0.05) is 30.3 Å². The van der Waals surface area contributed by atoms with Gasteiger partial charge in [-0.15, -0.1) is 0 Å². The lowest BCUT2D eigenvalue weighted by Gasteiger charge is -2.23. The molecule has 0 atom stereocenters. The number of para-hydroxylation sites is 1. The highest BCUT2D eigenvalue weighted by Gasteiger charge is 2.12. The largest absolute Gasteiger partial charge is 0.478 e. The van der Waals surface area contributed by atoms with Gasteiger partial charge in [0.1, 0.15) is 17.3 Å². The van der Waals surface area contributed by atoms with Gasteiger partial charge in [0.05, 0.1) is 18.7 Å². The summed E-state index contributed by atoms with van der Waals surface area (Å²) in [4.78, 5) is 35.4. The van der Waals surface area contributed by atoms with Crippen LogP contribution >= 0.6 is 0 Å². The molecule has 0 saturated heterocycles. The van der Waals surface area contributed by atoms with E-state index in [1.807, 2.05) is 78.7 Å². The zero-order valence-electron chi connectivity index (χ0n) is 21.9. The molecule has 9 heteroatoms. The number of carbonyl (C=O) groups excluding carboxylic acids is 1. The Labute approximate surface area is 228 Å². The van der Waals surface area contributed by atoms with Crippen LogP contribution in [0.1, 0.15) is 28.2 Å². The molecule has 0 saturated carbocycles. The summed E-state index contributed by atoms with van der Waals surface area (Å²) in [7, 11) is 1.93. The molecule has 3 aromatic carbocycles. The Bertz CT molecular complexity index is 1310. The number of hydrogen-bond acceptors (Lipinski definition) is 6. The number of likely N-dealkylation sites (N-methyl/N-ethyl adjacent to an activating group) is 1. The molecular formula is C30H33N5O4. The number of nitrogens with one attached hydrogen (secondary N) is 2. The monoisotopic (exact) mass is 527 g/mol. The smallest absolute Gasteiger partial charge is 0.335 e. The van der Waals surface area contributed by atoms with Gasteiger partial charge in [-0.2, -0.15) is 0 Å². The molecule has 39 heavy (non-hydrogen) atoms. The maximum Gasteiger partial charge on any atom is 0.335 e. The van der Waals surface area contributed by atoms with Crippen molar-refractivity contribution in [1.29, 1.82) is 0 Å². The first kappa shape index (κ1) is 27.6. The third-order valence-electron chi connectivity index (χ3n) is 6.08. The van der Waals surface area contributed by atoms with Crippen molar-refractivity contribution < 1.29 is 19.4 Å². The van der Waals surface area contributed by atoms with E-state index < -0.39 is 5.97 Å². The van der Waals surface area contributed by atoms with Crippen LogP contribution < -0.4 is 10.1 Å². The number of anilines is 1. The molecule has 3 N–H and O–H groups in total. The minimum absolute atomic E-state index is 0.0832. The molecule has 1 aromatic heterocycles. The molecule has 0 aliphatic heterocycles. The lowest BCUT2D eigenvalue weighted by atomic mass is 10.1. The average Bonchev–Trinajstić information content (AvgIpc) is 3.44. The third kappa shape index (κ3) is 9.10. The topological polar surface area (TPSA) is 111 Å². The van der Waals surface area contributed by atoms with Crippen LogP contribution in [0.4, 0.5) is 5.69 Å². The molecule has 202 valence electrons. The molecule has 1 amide bonds. The Morgan fingerprint density at radius 3 is 2.31 bits per heavy atom. The van der Waals surface area contributed by atoms with Gasteiger partial charge < -0.3 is 20.1 Å². The normalized spacial score (nSPS) is 11.1. The van der Waals surface area contributed by atoms with E-state index in [9.17, 15) is 9.59 Å². The van der Waals surface area contributed by atoms with Crippen LogP contribution in [0.15, 0.2) is 91.3 Å². The Hall–Kier alpha value is -4.47. The summed E-state index contributed by atoms with van der Waals surface area (Å²) < 4.78 is 5.80. The maximum atomic E-state index is 12.6. The predicted octanol–water partition coefficient (Wildman–Crippen LogP) is 4.86. The summed E-state index contributed by atoms with van der Waals surface area (Å²) in [6, 6.07) is 23.8. The van der Waals surface area contributed by atoms with E-state index in [4.69, 9.17) is 9.84 Å². The zero-order valence-corrected chi connectivity index (χ0v) is 21.9. The minimum Gasteiger partial charge on any atom is -0.478 e. The number of aromatic carboxylic acids is 1. The Morgan fingerprint density at radius 2 is 1.64 bits per heavy atom. The summed E-state index contributed by atoms with van der Waals surface area (Å²) in [6.45, 7) is 3.11. The molecule has 0 aliphatic rings. The van der Waals surface area contributed by atoms with Crippen molar-refractivity contribution in [1.82, 2.24) is 19.8 Å². The number of H-pyrrole nitrogens is 1. The van der Waals surface area contributed by atoms with Crippen LogP contribution in [0.3, 0.4) is 0 Å². The highest BCUT2D eigenvalue weighted by molar-refractivity contribution is 5.92. The quantitative estimate of drug-likeness (QED) is 0.215. The molecule has 9 nitrogen and oxygen atoms in total. The number of amides is 1. The second-order valence-corrected chi connectivity index (χ2v) is 9.33. The lowest BCUT2D eigenvalue weighted by Crippen LogP contribution is -2.33. The van der Waals surface area contributed by atoms with Crippen molar-refractivity contribution in [2.24, 2.45) is 0 Å². The van der Waals surface area contributed by atoms with Crippen molar-refractivity contribution >= 4 is 17.6 Å². The molecule has 0 spiro atoms. The van der Waals surface area contributed by atoms with Crippen LogP contribution in [-0.4, -0.2) is 63.4 Å². The molecule has 0 fully saturated rings. The fraction of sp³-hybridized carbons (Fsp3) is 0.233. The van der Waals surface area contributed by atoms with Crippen LogP contribution in [-0.2, 0) is 17.9 Å². The second kappa shape index (κ2) is 13.9. The first-order valence-electron chi connectivity index (χ1n) is 12.8.